The molecule has 4 atom stereocenters. The van der Waals surface area contributed by atoms with Crippen molar-refractivity contribution in [3.63, 3.8) is 0 Å². The van der Waals surface area contributed by atoms with Crippen LogP contribution in [-0.2, 0) is 23.9 Å². The number of benzene rings is 1. The van der Waals surface area contributed by atoms with Gasteiger partial charge in [0.1, 0.15) is 11.7 Å². The summed E-state index contributed by atoms with van der Waals surface area (Å²) in [6.45, 7) is 9.13. The highest BCUT2D eigenvalue weighted by Gasteiger charge is 2.57. The minimum absolute atomic E-state index is 0.0619. The largest absolute Gasteiger partial charge is 0.465 e. The minimum Gasteiger partial charge on any atom is -0.465 e. The highest BCUT2D eigenvalue weighted by Crippen LogP contribution is 2.46. The van der Waals surface area contributed by atoms with Crippen molar-refractivity contribution >= 4 is 17.7 Å². The lowest BCUT2D eigenvalue weighted by Crippen LogP contribution is -2.55. The van der Waals surface area contributed by atoms with Crippen molar-refractivity contribution in [2.45, 2.75) is 52.6 Å². The summed E-state index contributed by atoms with van der Waals surface area (Å²) >= 11 is 0. The maximum absolute atomic E-state index is 13.5. The molecule has 0 aliphatic heterocycles. The SMILES string of the molecule is CC(C)COC(=O)[C@@H]1C(=O)C[C@](C)(O)[C@@H](C(=O)OCC(C)C)[C@H]1c1ccc(F)cc1. The number of aliphatic hydroxyl groups is 1. The zero-order valence-electron chi connectivity index (χ0n) is 18.2. The number of Topliss-reactive ketones (excluding diaryl/α,β-unsaturated/α-hetero) is 1. The molecule has 1 saturated carbocycles. The summed E-state index contributed by atoms with van der Waals surface area (Å²) in [5.41, 5.74) is -1.33. The Bertz CT molecular complexity index is 768. The first-order valence-corrected chi connectivity index (χ1v) is 10.3. The van der Waals surface area contributed by atoms with Crippen molar-refractivity contribution in [2.24, 2.45) is 23.7 Å². The molecule has 166 valence electrons. The van der Waals surface area contributed by atoms with E-state index in [2.05, 4.69) is 0 Å². The molecule has 1 aromatic carbocycles. The summed E-state index contributed by atoms with van der Waals surface area (Å²) in [7, 11) is 0. The van der Waals surface area contributed by atoms with E-state index in [9.17, 15) is 23.9 Å². The van der Waals surface area contributed by atoms with Gasteiger partial charge in [0.05, 0.1) is 24.7 Å². The third-order valence-corrected chi connectivity index (χ3v) is 5.15. The Labute approximate surface area is 176 Å². The molecule has 6 nitrogen and oxygen atoms in total. The molecule has 0 unspecified atom stereocenters. The van der Waals surface area contributed by atoms with E-state index in [1.54, 1.807) is 0 Å². The maximum Gasteiger partial charge on any atom is 0.317 e. The number of carbonyl (C=O) groups is 3. The summed E-state index contributed by atoms with van der Waals surface area (Å²) in [5.74, 6) is -5.82. The van der Waals surface area contributed by atoms with Crippen molar-refractivity contribution in [1.82, 2.24) is 0 Å². The van der Waals surface area contributed by atoms with Crippen molar-refractivity contribution < 1.29 is 33.4 Å². The fourth-order valence-electron chi connectivity index (χ4n) is 3.78. The standard InChI is InChI=1S/C23H31FO6/c1-13(2)11-29-21(26)19-17(25)10-23(5,28)20(22(27)30-12-14(3)4)18(19)15-6-8-16(24)9-7-15/h6-9,13-14,18-20,28H,10-12H2,1-5H3/t18-,19+,20+,23-/m0/s1. The number of hydrogen-bond donors (Lipinski definition) is 1. The summed E-state index contributed by atoms with van der Waals surface area (Å²) in [5, 5.41) is 11.0. The van der Waals surface area contributed by atoms with Crippen LogP contribution in [0.5, 0.6) is 0 Å². The van der Waals surface area contributed by atoms with E-state index in [-0.39, 0.29) is 31.5 Å². The Hall–Kier alpha value is -2.28. The summed E-state index contributed by atoms with van der Waals surface area (Å²) in [4.78, 5) is 38.7. The van der Waals surface area contributed by atoms with E-state index in [0.29, 0.717) is 5.56 Å². The lowest BCUT2D eigenvalue weighted by molar-refractivity contribution is -0.173. The molecule has 2 rings (SSSR count). The van der Waals surface area contributed by atoms with Crippen LogP contribution in [0.2, 0.25) is 0 Å². The Morgan fingerprint density at radius 1 is 1.07 bits per heavy atom. The van der Waals surface area contributed by atoms with Gasteiger partial charge in [0.2, 0.25) is 0 Å². The van der Waals surface area contributed by atoms with Crippen LogP contribution in [0.3, 0.4) is 0 Å². The van der Waals surface area contributed by atoms with Gasteiger partial charge in [0, 0.05) is 12.3 Å². The number of hydrogen-bond acceptors (Lipinski definition) is 6. The molecule has 1 aliphatic carbocycles. The Morgan fingerprint density at radius 3 is 2.07 bits per heavy atom. The second-order valence-electron chi connectivity index (χ2n) is 9.08. The molecule has 1 N–H and O–H groups in total. The van der Waals surface area contributed by atoms with Gasteiger partial charge in [0.25, 0.3) is 0 Å². The molecule has 0 amide bonds. The second-order valence-corrected chi connectivity index (χ2v) is 9.08. The fraction of sp³-hybridized carbons (Fsp3) is 0.609. The van der Waals surface area contributed by atoms with E-state index < -0.39 is 46.9 Å². The van der Waals surface area contributed by atoms with Crippen molar-refractivity contribution in [2.75, 3.05) is 13.2 Å². The molecular weight excluding hydrogens is 391 g/mol. The van der Waals surface area contributed by atoms with Crippen LogP contribution in [-0.4, -0.2) is 41.6 Å². The normalized spacial score (nSPS) is 26.7. The average molecular weight is 422 g/mol. The van der Waals surface area contributed by atoms with Gasteiger partial charge in [-0.15, -0.1) is 0 Å². The first-order valence-electron chi connectivity index (χ1n) is 10.3. The maximum atomic E-state index is 13.5. The molecule has 1 aliphatic rings. The van der Waals surface area contributed by atoms with Crippen molar-refractivity contribution in [1.29, 1.82) is 0 Å². The fourth-order valence-corrected chi connectivity index (χ4v) is 3.78. The van der Waals surface area contributed by atoms with Gasteiger partial charge in [0.15, 0.2) is 5.78 Å². The van der Waals surface area contributed by atoms with E-state index in [1.807, 2.05) is 27.7 Å². The summed E-state index contributed by atoms with van der Waals surface area (Å²) in [6, 6.07) is 5.21. The van der Waals surface area contributed by atoms with Gasteiger partial charge in [-0.05, 0) is 36.5 Å². The molecule has 0 saturated heterocycles. The number of ketones is 1. The third-order valence-electron chi connectivity index (χ3n) is 5.15. The Kier molecular flexibility index (Phi) is 7.75. The smallest absolute Gasteiger partial charge is 0.317 e. The highest BCUT2D eigenvalue weighted by atomic mass is 19.1. The Morgan fingerprint density at radius 2 is 1.57 bits per heavy atom. The second kappa shape index (κ2) is 9.69. The molecule has 30 heavy (non-hydrogen) atoms. The predicted molar refractivity (Wildman–Crippen MR) is 108 cm³/mol. The van der Waals surface area contributed by atoms with Gasteiger partial charge < -0.3 is 14.6 Å². The van der Waals surface area contributed by atoms with Gasteiger partial charge >= 0.3 is 11.9 Å². The number of esters is 2. The van der Waals surface area contributed by atoms with E-state index in [4.69, 9.17) is 9.47 Å². The van der Waals surface area contributed by atoms with Gasteiger partial charge in [-0.3, -0.25) is 14.4 Å². The molecule has 1 fully saturated rings. The minimum atomic E-state index is -1.72. The molecule has 1 aromatic rings. The van der Waals surface area contributed by atoms with Crippen molar-refractivity contribution in [3.05, 3.63) is 35.6 Å². The molecule has 0 aromatic heterocycles. The molecule has 0 spiro atoms. The van der Waals surface area contributed by atoms with Crippen LogP contribution < -0.4 is 0 Å². The van der Waals surface area contributed by atoms with Crippen LogP contribution in [0.15, 0.2) is 24.3 Å². The first kappa shape index (κ1) is 24.0. The molecule has 7 heteroatoms. The molecule has 0 heterocycles. The van der Waals surface area contributed by atoms with E-state index in [1.165, 1.54) is 31.2 Å². The van der Waals surface area contributed by atoms with Gasteiger partial charge in [-0.2, -0.15) is 0 Å². The lowest BCUT2D eigenvalue weighted by Gasteiger charge is -2.43. The first-order chi connectivity index (χ1) is 13.9. The van der Waals surface area contributed by atoms with Crippen LogP contribution in [0, 0.1) is 29.5 Å². The van der Waals surface area contributed by atoms with Crippen LogP contribution >= 0.6 is 0 Å². The molecule has 0 radical (unpaired) electrons. The number of halogens is 1. The van der Waals surface area contributed by atoms with Crippen LogP contribution in [0.4, 0.5) is 4.39 Å². The quantitative estimate of drug-likeness (QED) is 0.536. The number of ether oxygens (including phenoxy) is 2. The van der Waals surface area contributed by atoms with E-state index >= 15 is 0 Å². The zero-order chi connectivity index (χ0) is 22.6. The predicted octanol–water partition coefficient (Wildman–Crippen LogP) is 3.26. The van der Waals surface area contributed by atoms with Gasteiger partial charge in [-0.1, -0.05) is 39.8 Å². The average Bonchev–Trinajstić information content (AvgIpc) is 2.63. The number of carbonyl (C=O) groups excluding carboxylic acids is 3. The van der Waals surface area contributed by atoms with Gasteiger partial charge in [-0.25, -0.2) is 4.39 Å². The van der Waals surface area contributed by atoms with E-state index in [0.717, 1.165) is 0 Å². The Balaban J connectivity index is 2.51. The highest BCUT2D eigenvalue weighted by molar-refractivity contribution is 6.02. The molecule has 0 bridgehead atoms. The number of rotatable bonds is 7. The van der Waals surface area contributed by atoms with Crippen LogP contribution in [0.1, 0.15) is 52.5 Å². The summed E-state index contributed by atoms with van der Waals surface area (Å²) in [6.07, 6.45) is -0.381. The monoisotopic (exact) mass is 422 g/mol. The third kappa shape index (κ3) is 5.65. The van der Waals surface area contributed by atoms with Crippen molar-refractivity contribution in [3.8, 4) is 0 Å². The summed E-state index contributed by atoms with van der Waals surface area (Å²) < 4.78 is 24.2. The van der Waals surface area contributed by atoms with Crippen LogP contribution in [0.25, 0.3) is 0 Å². The zero-order valence-corrected chi connectivity index (χ0v) is 18.2. The topological polar surface area (TPSA) is 89.9 Å². The lowest BCUT2D eigenvalue weighted by atomic mass is 9.61. The molecular formula is C23H31FO6.